The first-order chi connectivity index (χ1) is 10.3. The maximum absolute atomic E-state index is 6.16. The predicted octanol–water partition coefficient (Wildman–Crippen LogP) is 4.34. The van der Waals surface area contributed by atoms with Crippen molar-refractivity contribution in [2.75, 3.05) is 13.2 Å². The summed E-state index contributed by atoms with van der Waals surface area (Å²) in [4.78, 5) is 4.67. The molecule has 2 aromatic heterocycles. The Kier molecular flexibility index (Phi) is 3.57. The molecule has 0 bridgehead atoms. The largest absolute Gasteiger partial charge is 0.491 e. The van der Waals surface area contributed by atoms with Crippen LogP contribution in [0, 0.1) is 6.92 Å². The van der Waals surface area contributed by atoms with Gasteiger partial charge in [-0.25, -0.2) is 4.98 Å². The lowest BCUT2D eigenvalue weighted by Gasteiger charge is -2.23. The van der Waals surface area contributed by atoms with Crippen LogP contribution in [0.15, 0.2) is 17.5 Å². The van der Waals surface area contributed by atoms with Crippen LogP contribution >= 0.6 is 22.7 Å². The Balaban J connectivity index is 1.67. The summed E-state index contributed by atoms with van der Waals surface area (Å²) in [5.74, 6) is 1.01. The summed E-state index contributed by atoms with van der Waals surface area (Å²) in [6.07, 6.45) is 3.81. The van der Waals surface area contributed by atoms with Gasteiger partial charge in [0.25, 0.3) is 0 Å². The first kappa shape index (κ1) is 13.5. The van der Waals surface area contributed by atoms with Crippen molar-refractivity contribution in [2.45, 2.75) is 32.2 Å². The van der Waals surface area contributed by atoms with Gasteiger partial charge in [0.2, 0.25) is 0 Å². The molecule has 1 aliphatic rings. The Hall–Kier alpha value is -1.17. The zero-order chi connectivity index (χ0) is 14.2. The highest BCUT2D eigenvalue weighted by molar-refractivity contribution is 7.21. The second-order valence-electron chi connectivity index (χ2n) is 5.58. The summed E-state index contributed by atoms with van der Waals surface area (Å²) in [6.45, 7) is 3.94. The van der Waals surface area contributed by atoms with Gasteiger partial charge in [-0.15, -0.1) is 22.7 Å². The van der Waals surface area contributed by atoms with E-state index in [2.05, 4.69) is 34.7 Å². The first-order valence-electron chi connectivity index (χ1n) is 7.45. The number of fused-ring (bicyclic) bond motifs is 3. The lowest BCUT2D eigenvalue weighted by molar-refractivity contribution is 0.241. The highest BCUT2D eigenvalue weighted by Crippen LogP contribution is 2.38. The Morgan fingerprint density at radius 3 is 3.24 bits per heavy atom. The molecule has 0 amide bonds. The first-order valence-corrected chi connectivity index (χ1v) is 9.14. The average Bonchev–Trinajstić information content (AvgIpc) is 3.11. The van der Waals surface area contributed by atoms with Crippen LogP contribution in [0.5, 0.6) is 5.75 Å². The smallest absolute Gasteiger partial charge is 0.129 e. The maximum Gasteiger partial charge on any atom is 0.129 e. The molecule has 0 spiro atoms. The van der Waals surface area contributed by atoms with Gasteiger partial charge in [-0.1, -0.05) is 6.42 Å². The molecule has 5 heteroatoms. The number of thiophene rings is 1. The number of piperidine rings is 1. The van der Waals surface area contributed by atoms with Gasteiger partial charge in [0, 0.05) is 17.5 Å². The van der Waals surface area contributed by atoms with E-state index in [-0.39, 0.29) is 0 Å². The van der Waals surface area contributed by atoms with Gasteiger partial charge in [0.15, 0.2) is 0 Å². The fourth-order valence-electron chi connectivity index (χ4n) is 2.96. The van der Waals surface area contributed by atoms with E-state index in [1.165, 1.54) is 34.0 Å². The van der Waals surface area contributed by atoms with Crippen molar-refractivity contribution in [3.05, 3.63) is 22.5 Å². The second-order valence-corrected chi connectivity index (χ2v) is 7.73. The van der Waals surface area contributed by atoms with Crippen molar-refractivity contribution in [3.63, 3.8) is 0 Å². The van der Waals surface area contributed by atoms with Crippen LogP contribution in [-0.4, -0.2) is 24.2 Å². The third kappa shape index (κ3) is 2.54. The second kappa shape index (κ2) is 5.55. The summed E-state index contributed by atoms with van der Waals surface area (Å²) in [5, 5.41) is 7.99. The normalized spacial score (nSPS) is 19.4. The van der Waals surface area contributed by atoms with Gasteiger partial charge in [-0.2, -0.15) is 0 Å². The number of hydrogen-bond acceptors (Lipinski definition) is 5. The summed E-state index contributed by atoms with van der Waals surface area (Å²) in [5.41, 5.74) is 1.13. The molecular weight excluding hydrogens is 300 g/mol. The number of ether oxygens (including phenoxy) is 1. The van der Waals surface area contributed by atoms with Crippen LogP contribution < -0.4 is 10.1 Å². The molecule has 3 heterocycles. The molecule has 0 aliphatic carbocycles. The minimum atomic E-state index is 0.492. The zero-order valence-electron chi connectivity index (χ0n) is 12.0. The molecule has 21 heavy (non-hydrogen) atoms. The Labute approximate surface area is 132 Å². The molecule has 1 atom stereocenters. The third-order valence-electron chi connectivity index (χ3n) is 4.02. The van der Waals surface area contributed by atoms with E-state index in [1.807, 2.05) is 0 Å². The fraction of sp³-hybridized carbons (Fsp3) is 0.438. The van der Waals surface area contributed by atoms with Crippen molar-refractivity contribution < 1.29 is 4.74 Å². The number of rotatable bonds is 3. The van der Waals surface area contributed by atoms with Gasteiger partial charge in [-0.05, 0) is 37.8 Å². The number of nitrogens with zero attached hydrogens (tertiary/aromatic N) is 1. The topological polar surface area (TPSA) is 34.1 Å². The quantitative estimate of drug-likeness (QED) is 0.780. The van der Waals surface area contributed by atoms with Crippen molar-refractivity contribution in [2.24, 2.45) is 0 Å². The number of nitrogens with one attached hydrogen (secondary N) is 1. The van der Waals surface area contributed by atoms with E-state index in [9.17, 15) is 0 Å². The summed E-state index contributed by atoms with van der Waals surface area (Å²) < 4.78 is 8.64. The van der Waals surface area contributed by atoms with Crippen molar-refractivity contribution in [3.8, 4) is 5.75 Å². The number of thiazole rings is 1. The molecule has 0 saturated carbocycles. The minimum Gasteiger partial charge on any atom is -0.491 e. The van der Waals surface area contributed by atoms with Crippen molar-refractivity contribution in [1.29, 1.82) is 0 Å². The number of aromatic nitrogens is 1. The summed E-state index contributed by atoms with van der Waals surface area (Å²) in [7, 11) is 0. The molecule has 110 valence electrons. The van der Waals surface area contributed by atoms with E-state index in [1.54, 1.807) is 22.7 Å². The zero-order valence-corrected chi connectivity index (χ0v) is 13.6. The lowest BCUT2D eigenvalue weighted by atomic mass is 10.1. The fourth-order valence-corrected chi connectivity index (χ4v) is 4.80. The number of benzene rings is 1. The van der Waals surface area contributed by atoms with Crippen LogP contribution in [0.25, 0.3) is 20.3 Å². The summed E-state index contributed by atoms with van der Waals surface area (Å²) >= 11 is 3.50. The van der Waals surface area contributed by atoms with Crippen molar-refractivity contribution in [1.82, 2.24) is 10.3 Å². The lowest BCUT2D eigenvalue weighted by Crippen LogP contribution is -2.38. The number of hydrogen-bond donors (Lipinski definition) is 1. The highest BCUT2D eigenvalue weighted by Gasteiger charge is 2.16. The molecule has 1 saturated heterocycles. The standard InChI is InChI=1S/C16H18N2OS2/c1-10-18-15-14(21-10)8-13(12-5-7-20-16(12)15)19-9-11-4-2-3-6-17-11/h5,7-8,11,17H,2-4,6,9H2,1H3. The summed E-state index contributed by atoms with van der Waals surface area (Å²) in [6, 6.07) is 4.81. The van der Waals surface area contributed by atoms with E-state index in [0.29, 0.717) is 6.04 Å². The van der Waals surface area contributed by atoms with E-state index in [4.69, 9.17) is 4.74 Å². The van der Waals surface area contributed by atoms with E-state index in [0.717, 1.165) is 29.4 Å². The Bertz CT molecular complexity index is 771. The van der Waals surface area contributed by atoms with E-state index >= 15 is 0 Å². The highest BCUT2D eigenvalue weighted by atomic mass is 32.1. The molecule has 1 fully saturated rings. The van der Waals surface area contributed by atoms with Crippen LogP contribution in [0.4, 0.5) is 0 Å². The molecular formula is C16H18N2OS2. The molecule has 1 aliphatic heterocycles. The van der Waals surface area contributed by atoms with Gasteiger partial charge in [-0.3, -0.25) is 0 Å². The molecule has 1 unspecified atom stereocenters. The van der Waals surface area contributed by atoms with Gasteiger partial charge in [0.1, 0.15) is 12.4 Å². The van der Waals surface area contributed by atoms with Crippen LogP contribution in [0.3, 0.4) is 0 Å². The third-order valence-corrected chi connectivity index (χ3v) is 5.86. The molecule has 1 aromatic carbocycles. The van der Waals surface area contributed by atoms with Crippen LogP contribution in [0.1, 0.15) is 24.3 Å². The van der Waals surface area contributed by atoms with Gasteiger partial charge >= 0.3 is 0 Å². The molecule has 1 N–H and O–H groups in total. The van der Waals surface area contributed by atoms with E-state index < -0.39 is 0 Å². The maximum atomic E-state index is 6.16. The van der Waals surface area contributed by atoms with Crippen LogP contribution in [-0.2, 0) is 0 Å². The van der Waals surface area contributed by atoms with Crippen LogP contribution in [0.2, 0.25) is 0 Å². The Morgan fingerprint density at radius 1 is 1.43 bits per heavy atom. The molecule has 0 radical (unpaired) electrons. The average molecular weight is 318 g/mol. The van der Waals surface area contributed by atoms with Crippen molar-refractivity contribution >= 4 is 43.0 Å². The SMILES string of the molecule is Cc1nc2c(cc(OCC3CCCCN3)c3ccsc32)s1. The van der Waals surface area contributed by atoms with Gasteiger partial charge in [0.05, 0.1) is 19.9 Å². The molecule has 3 aromatic rings. The number of aryl methyl sites for hydroxylation is 1. The predicted molar refractivity (Wildman–Crippen MR) is 90.9 cm³/mol. The minimum absolute atomic E-state index is 0.492. The Morgan fingerprint density at radius 2 is 2.38 bits per heavy atom. The molecule has 3 nitrogen and oxygen atoms in total. The molecule has 4 rings (SSSR count). The monoisotopic (exact) mass is 318 g/mol. The van der Waals surface area contributed by atoms with Gasteiger partial charge < -0.3 is 10.1 Å².